The number of hydrogen-bond acceptors (Lipinski definition) is 2. The summed E-state index contributed by atoms with van der Waals surface area (Å²) >= 11 is 0. The molecule has 2 amide bonds. The van der Waals surface area contributed by atoms with Gasteiger partial charge < -0.3 is 15.8 Å². The van der Waals surface area contributed by atoms with Crippen molar-refractivity contribution in [1.29, 1.82) is 0 Å². The molecule has 3 N–H and O–H groups in total. The summed E-state index contributed by atoms with van der Waals surface area (Å²) in [5, 5.41) is 2.57. The number of hydrogen-bond donors (Lipinski definition) is 2. The first-order chi connectivity index (χ1) is 6.74. The lowest BCUT2D eigenvalue weighted by Gasteiger charge is -2.08. The fraction of sp³-hybridized carbons (Fsp3) is 0.300. The van der Waals surface area contributed by atoms with Gasteiger partial charge in [-0.3, -0.25) is 0 Å². The number of carbonyl (C=O) groups is 1. The van der Waals surface area contributed by atoms with Gasteiger partial charge in [0.2, 0.25) is 0 Å². The number of primary amides is 1. The van der Waals surface area contributed by atoms with Gasteiger partial charge in [0.05, 0.1) is 6.61 Å². The smallest absolute Gasteiger partial charge is 0.316 e. The number of ether oxygens (including phenoxy) is 1. The van der Waals surface area contributed by atoms with E-state index in [0.29, 0.717) is 6.61 Å². The van der Waals surface area contributed by atoms with Crippen molar-refractivity contribution in [2.75, 3.05) is 19.0 Å². The maximum absolute atomic E-state index is 10.7. The first-order valence-corrected chi connectivity index (χ1v) is 4.37. The number of methoxy groups -OCH3 is 1. The van der Waals surface area contributed by atoms with Gasteiger partial charge in [0.15, 0.2) is 0 Å². The Hall–Kier alpha value is -1.55. The molecule has 14 heavy (non-hydrogen) atoms. The first kappa shape index (κ1) is 10.5. The molecule has 0 heterocycles. The predicted molar refractivity (Wildman–Crippen MR) is 55.2 cm³/mol. The van der Waals surface area contributed by atoms with Gasteiger partial charge in [-0.1, -0.05) is 18.2 Å². The highest BCUT2D eigenvalue weighted by atomic mass is 16.5. The Balaban J connectivity index is 2.74. The topological polar surface area (TPSA) is 64.3 Å². The molecule has 0 unspecified atom stereocenters. The van der Waals surface area contributed by atoms with Crippen LogP contribution in [-0.2, 0) is 11.2 Å². The summed E-state index contributed by atoms with van der Waals surface area (Å²) in [5.74, 6) is 0. The van der Waals surface area contributed by atoms with E-state index in [4.69, 9.17) is 10.5 Å². The molecule has 0 aliphatic heterocycles. The zero-order valence-corrected chi connectivity index (χ0v) is 8.12. The fourth-order valence-corrected chi connectivity index (χ4v) is 1.21. The fourth-order valence-electron chi connectivity index (χ4n) is 1.21. The van der Waals surface area contributed by atoms with Crippen molar-refractivity contribution in [2.45, 2.75) is 6.42 Å². The molecule has 0 fully saturated rings. The van der Waals surface area contributed by atoms with Gasteiger partial charge in [-0.05, 0) is 18.1 Å². The van der Waals surface area contributed by atoms with E-state index < -0.39 is 6.03 Å². The number of anilines is 1. The average molecular weight is 194 g/mol. The van der Waals surface area contributed by atoms with E-state index in [1.54, 1.807) is 7.11 Å². The van der Waals surface area contributed by atoms with Crippen molar-refractivity contribution in [2.24, 2.45) is 5.73 Å². The van der Waals surface area contributed by atoms with Gasteiger partial charge in [0.25, 0.3) is 0 Å². The molecule has 1 aromatic carbocycles. The molecular weight excluding hydrogens is 180 g/mol. The van der Waals surface area contributed by atoms with E-state index in [-0.39, 0.29) is 0 Å². The van der Waals surface area contributed by atoms with Gasteiger partial charge >= 0.3 is 6.03 Å². The molecule has 0 spiro atoms. The molecular formula is C10H14N2O2. The van der Waals surface area contributed by atoms with Crippen LogP contribution in [0.15, 0.2) is 24.3 Å². The van der Waals surface area contributed by atoms with Crippen LogP contribution in [0.1, 0.15) is 5.56 Å². The molecule has 0 aliphatic rings. The third kappa shape index (κ3) is 3.06. The van der Waals surface area contributed by atoms with Crippen LogP contribution in [0.2, 0.25) is 0 Å². The van der Waals surface area contributed by atoms with Gasteiger partial charge in [0.1, 0.15) is 0 Å². The second-order valence-electron chi connectivity index (χ2n) is 2.89. The van der Waals surface area contributed by atoms with Crippen molar-refractivity contribution in [3.05, 3.63) is 29.8 Å². The zero-order valence-electron chi connectivity index (χ0n) is 8.12. The summed E-state index contributed by atoms with van der Waals surface area (Å²) < 4.78 is 4.96. The summed E-state index contributed by atoms with van der Waals surface area (Å²) in [6.07, 6.45) is 0.757. The normalized spacial score (nSPS) is 9.79. The third-order valence-electron chi connectivity index (χ3n) is 1.85. The molecule has 0 saturated heterocycles. The second kappa shape index (κ2) is 5.24. The number of para-hydroxylation sites is 1. The minimum atomic E-state index is -0.546. The Bertz CT molecular complexity index is 313. The lowest BCUT2D eigenvalue weighted by atomic mass is 10.1. The lowest BCUT2D eigenvalue weighted by molar-refractivity contribution is 0.202. The number of nitrogens with two attached hydrogens (primary N) is 1. The molecule has 0 saturated carbocycles. The number of carbonyl (C=O) groups excluding carboxylic acids is 1. The van der Waals surface area contributed by atoms with Crippen LogP contribution in [0.25, 0.3) is 0 Å². The monoisotopic (exact) mass is 194 g/mol. The standard InChI is InChI=1S/C10H14N2O2/c1-14-7-6-8-4-2-3-5-9(8)12-10(11)13/h2-5H,6-7H2,1H3,(H3,11,12,13). The zero-order chi connectivity index (χ0) is 10.4. The number of urea groups is 1. The van der Waals surface area contributed by atoms with E-state index in [9.17, 15) is 4.79 Å². The molecule has 4 heteroatoms. The number of amides is 2. The summed E-state index contributed by atoms with van der Waals surface area (Å²) in [6, 6.07) is 6.97. The maximum Gasteiger partial charge on any atom is 0.316 e. The summed E-state index contributed by atoms with van der Waals surface area (Å²) in [7, 11) is 1.64. The molecule has 4 nitrogen and oxygen atoms in total. The van der Waals surface area contributed by atoms with E-state index in [1.165, 1.54) is 0 Å². The Labute approximate surface area is 83.1 Å². The van der Waals surface area contributed by atoms with Crippen LogP contribution in [0.4, 0.5) is 10.5 Å². The maximum atomic E-state index is 10.7. The predicted octanol–water partition coefficient (Wildman–Crippen LogP) is 1.37. The van der Waals surface area contributed by atoms with Crippen LogP contribution < -0.4 is 11.1 Å². The molecule has 76 valence electrons. The second-order valence-corrected chi connectivity index (χ2v) is 2.89. The quantitative estimate of drug-likeness (QED) is 0.760. The van der Waals surface area contributed by atoms with Crippen LogP contribution in [0.3, 0.4) is 0 Å². The molecule has 0 bridgehead atoms. The number of rotatable bonds is 4. The largest absolute Gasteiger partial charge is 0.384 e. The van der Waals surface area contributed by atoms with Gasteiger partial charge in [-0.25, -0.2) is 4.79 Å². The Morgan fingerprint density at radius 2 is 2.21 bits per heavy atom. The highest BCUT2D eigenvalue weighted by molar-refractivity contribution is 5.88. The minimum absolute atomic E-state index is 0.546. The lowest BCUT2D eigenvalue weighted by Crippen LogP contribution is -2.20. The van der Waals surface area contributed by atoms with Gasteiger partial charge in [-0.2, -0.15) is 0 Å². The van der Waals surface area contributed by atoms with E-state index >= 15 is 0 Å². The number of nitrogens with one attached hydrogen (secondary N) is 1. The Morgan fingerprint density at radius 3 is 2.86 bits per heavy atom. The summed E-state index contributed by atoms with van der Waals surface area (Å²) in [6.45, 7) is 0.622. The van der Waals surface area contributed by atoms with Crippen molar-refractivity contribution >= 4 is 11.7 Å². The number of benzene rings is 1. The van der Waals surface area contributed by atoms with Crippen molar-refractivity contribution in [1.82, 2.24) is 0 Å². The van der Waals surface area contributed by atoms with E-state index in [2.05, 4.69) is 5.32 Å². The molecule has 0 radical (unpaired) electrons. The molecule has 0 aromatic heterocycles. The van der Waals surface area contributed by atoms with Crippen molar-refractivity contribution in [3.63, 3.8) is 0 Å². The summed E-state index contributed by atoms with van der Waals surface area (Å²) in [5.41, 5.74) is 6.81. The van der Waals surface area contributed by atoms with Gasteiger partial charge in [-0.15, -0.1) is 0 Å². The molecule has 0 aliphatic carbocycles. The van der Waals surface area contributed by atoms with Crippen LogP contribution in [0.5, 0.6) is 0 Å². The SMILES string of the molecule is COCCc1ccccc1NC(N)=O. The van der Waals surface area contributed by atoms with E-state index in [1.807, 2.05) is 24.3 Å². The highest BCUT2D eigenvalue weighted by Gasteiger charge is 2.02. The van der Waals surface area contributed by atoms with Crippen LogP contribution in [-0.4, -0.2) is 19.7 Å². The van der Waals surface area contributed by atoms with Crippen molar-refractivity contribution < 1.29 is 9.53 Å². The van der Waals surface area contributed by atoms with Gasteiger partial charge in [0, 0.05) is 12.8 Å². The third-order valence-corrected chi connectivity index (χ3v) is 1.85. The Morgan fingerprint density at radius 1 is 1.50 bits per heavy atom. The van der Waals surface area contributed by atoms with Crippen LogP contribution in [0, 0.1) is 0 Å². The molecule has 1 aromatic rings. The Kier molecular flexibility index (Phi) is 3.94. The average Bonchev–Trinajstić information content (AvgIpc) is 2.16. The minimum Gasteiger partial charge on any atom is -0.384 e. The molecule has 1 rings (SSSR count). The summed E-state index contributed by atoms with van der Waals surface area (Å²) in [4.78, 5) is 10.7. The van der Waals surface area contributed by atoms with E-state index in [0.717, 1.165) is 17.7 Å². The highest BCUT2D eigenvalue weighted by Crippen LogP contribution is 2.15. The first-order valence-electron chi connectivity index (χ1n) is 4.37. The van der Waals surface area contributed by atoms with Crippen LogP contribution >= 0.6 is 0 Å². The molecule has 0 atom stereocenters. The van der Waals surface area contributed by atoms with Crippen molar-refractivity contribution in [3.8, 4) is 0 Å².